The number of carboxylic acid groups (broad SMARTS) is 1. The van der Waals surface area contributed by atoms with E-state index < -0.39 is 16.0 Å². The van der Waals surface area contributed by atoms with E-state index in [1.165, 1.54) is 18.2 Å². The van der Waals surface area contributed by atoms with Crippen molar-refractivity contribution >= 4 is 50.3 Å². The molecule has 0 spiro atoms. The molecule has 110 valence electrons. The van der Waals surface area contributed by atoms with E-state index in [1.807, 2.05) is 22.6 Å². The molecule has 1 fully saturated rings. The van der Waals surface area contributed by atoms with Gasteiger partial charge in [0.05, 0.1) is 10.5 Å². The highest BCUT2D eigenvalue weighted by molar-refractivity contribution is 14.1. The van der Waals surface area contributed by atoms with E-state index in [4.69, 9.17) is 5.11 Å². The second-order valence-corrected chi connectivity index (χ2v) is 8.51. The smallest absolute Gasteiger partial charge is 0.336 e. The molecule has 1 aliphatic heterocycles. The Bertz CT molecular complexity index is 612. The van der Waals surface area contributed by atoms with Crippen LogP contribution in [0.5, 0.6) is 0 Å². The summed E-state index contributed by atoms with van der Waals surface area (Å²) in [5.74, 6) is 0.694. The highest BCUT2D eigenvalue weighted by Crippen LogP contribution is 2.21. The van der Waals surface area contributed by atoms with Gasteiger partial charge in [0.2, 0.25) is 10.0 Å². The summed E-state index contributed by atoms with van der Waals surface area (Å²) in [4.78, 5) is 11.1. The van der Waals surface area contributed by atoms with Gasteiger partial charge in [0, 0.05) is 15.4 Å². The van der Waals surface area contributed by atoms with Gasteiger partial charge in [0.25, 0.3) is 0 Å². The second-order valence-electron chi connectivity index (χ2n) is 4.48. The summed E-state index contributed by atoms with van der Waals surface area (Å²) < 4.78 is 27.7. The molecule has 1 aromatic rings. The first-order chi connectivity index (χ1) is 9.40. The predicted molar refractivity (Wildman–Crippen MR) is 86.8 cm³/mol. The summed E-state index contributed by atoms with van der Waals surface area (Å²) in [6.45, 7) is 0. The molecule has 1 aromatic carbocycles. The van der Waals surface area contributed by atoms with E-state index in [0.29, 0.717) is 3.57 Å². The van der Waals surface area contributed by atoms with Crippen molar-refractivity contribution in [2.24, 2.45) is 0 Å². The molecule has 1 atom stereocenters. The summed E-state index contributed by atoms with van der Waals surface area (Å²) in [6, 6.07) is 4.08. The fourth-order valence-electron chi connectivity index (χ4n) is 1.96. The van der Waals surface area contributed by atoms with Gasteiger partial charge in [-0.1, -0.05) is 0 Å². The van der Waals surface area contributed by atoms with Crippen LogP contribution in [0, 0.1) is 3.57 Å². The van der Waals surface area contributed by atoms with Gasteiger partial charge >= 0.3 is 5.97 Å². The molecule has 1 saturated heterocycles. The summed E-state index contributed by atoms with van der Waals surface area (Å²) in [5, 5.41) is 9.05. The van der Waals surface area contributed by atoms with Gasteiger partial charge in [0.15, 0.2) is 0 Å². The number of carbonyl (C=O) groups is 1. The van der Waals surface area contributed by atoms with Gasteiger partial charge in [-0.25, -0.2) is 17.9 Å². The molecule has 0 bridgehead atoms. The number of sulfonamides is 1. The molecular formula is C12H14INO4S2. The van der Waals surface area contributed by atoms with Gasteiger partial charge in [-0.15, -0.1) is 0 Å². The van der Waals surface area contributed by atoms with E-state index in [2.05, 4.69) is 4.72 Å². The number of thioether (sulfide) groups is 1. The molecule has 0 aromatic heterocycles. The maximum atomic E-state index is 12.3. The minimum Gasteiger partial charge on any atom is -0.478 e. The van der Waals surface area contributed by atoms with Crippen LogP contribution in [0.25, 0.3) is 0 Å². The van der Waals surface area contributed by atoms with Crippen molar-refractivity contribution in [2.45, 2.75) is 23.8 Å². The first-order valence-electron chi connectivity index (χ1n) is 6.03. The number of nitrogens with one attached hydrogen (secondary N) is 1. The summed E-state index contributed by atoms with van der Waals surface area (Å²) in [6.07, 6.45) is 1.81. The van der Waals surface area contributed by atoms with Crippen LogP contribution >= 0.6 is 34.4 Å². The lowest BCUT2D eigenvalue weighted by molar-refractivity contribution is 0.0695. The lowest BCUT2D eigenvalue weighted by Gasteiger charge is -2.22. The van der Waals surface area contributed by atoms with Crippen molar-refractivity contribution in [1.82, 2.24) is 4.72 Å². The van der Waals surface area contributed by atoms with E-state index in [-0.39, 0.29) is 16.5 Å². The third-order valence-electron chi connectivity index (χ3n) is 2.96. The van der Waals surface area contributed by atoms with Crippen LogP contribution < -0.4 is 4.72 Å². The normalized spacial score (nSPS) is 19.8. The Kier molecular flexibility index (Phi) is 5.32. The number of aromatic carboxylic acids is 1. The van der Waals surface area contributed by atoms with Crippen LogP contribution in [-0.2, 0) is 10.0 Å². The predicted octanol–water partition coefficient (Wildman–Crippen LogP) is 2.16. The van der Waals surface area contributed by atoms with E-state index in [0.717, 1.165) is 24.3 Å². The van der Waals surface area contributed by atoms with Crippen LogP contribution in [0.3, 0.4) is 0 Å². The molecule has 5 nitrogen and oxygen atoms in total. The van der Waals surface area contributed by atoms with E-state index in [9.17, 15) is 13.2 Å². The number of rotatable bonds is 4. The summed E-state index contributed by atoms with van der Waals surface area (Å²) in [5.41, 5.74) is 0.00601. The van der Waals surface area contributed by atoms with Crippen molar-refractivity contribution in [1.29, 1.82) is 0 Å². The Labute approximate surface area is 135 Å². The lowest BCUT2D eigenvalue weighted by atomic mass is 10.2. The Hall–Kier alpha value is -0.320. The van der Waals surface area contributed by atoms with Gasteiger partial charge in [-0.05, 0) is 59.4 Å². The van der Waals surface area contributed by atoms with Crippen LogP contribution in [-0.4, -0.2) is 37.0 Å². The zero-order valence-corrected chi connectivity index (χ0v) is 14.3. The topological polar surface area (TPSA) is 83.5 Å². The molecule has 0 aliphatic carbocycles. The van der Waals surface area contributed by atoms with Crippen molar-refractivity contribution in [3.8, 4) is 0 Å². The molecule has 1 heterocycles. The van der Waals surface area contributed by atoms with Crippen molar-refractivity contribution in [2.75, 3.05) is 11.5 Å². The summed E-state index contributed by atoms with van der Waals surface area (Å²) in [7, 11) is -3.66. The monoisotopic (exact) mass is 427 g/mol. The largest absolute Gasteiger partial charge is 0.478 e. The standard InChI is InChI=1S/C12H14INO4S2/c13-11-4-3-9(6-10(11)12(15)16)20(17,18)14-8-2-1-5-19-7-8/h3-4,6,8,14H,1-2,5,7H2,(H,15,16). The SMILES string of the molecule is O=C(O)c1cc(S(=O)(=O)NC2CCCSC2)ccc1I. The maximum absolute atomic E-state index is 12.3. The van der Waals surface area contributed by atoms with Gasteiger partial charge in [-0.3, -0.25) is 0 Å². The van der Waals surface area contributed by atoms with Crippen LogP contribution in [0.1, 0.15) is 23.2 Å². The third kappa shape index (κ3) is 3.86. The molecule has 8 heteroatoms. The Morgan fingerprint density at radius 3 is 2.80 bits per heavy atom. The van der Waals surface area contributed by atoms with Gasteiger partial charge < -0.3 is 5.11 Å². The van der Waals surface area contributed by atoms with Crippen LogP contribution in [0.15, 0.2) is 23.1 Å². The number of carboxylic acids is 1. The average Bonchev–Trinajstić information content (AvgIpc) is 2.39. The molecule has 1 aliphatic rings. The van der Waals surface area contributed by atoms with Crippen LogP contribution in [0.4, 0.5) is 0 Å². The fraction of sp³-hybridized carbons (Fsp3) is 0.417. The Balaban J connectivity index is 2.24. The molecule has 0 amide bonds. The average molecular weight is 427 g/mol. The quantitative estimate of drug-likeness (QED) is 0.720. The molecule has 20 heavy (non-hydrogen) atoms. The highest BCUT2D eigenvalue weighted by atomic mass is 127. The van der Waals surface area contributed by atoms with Gasteiger partial charge in [-0.2, -0.15) is 11.8 Å². The Morgan fingerprint density at radius 2 is 2.20 bits per heavy atom. The fourth-order valence-corrected chi connectivity index (χ4v) is 5.00. The van der Waals surface area contributed by atoms with E-state index in [1.54, 1.807) is 11.8 Å². The van der Waals surface area contributed by atoms with Crippen molar-refractivity contribution in [3.05, 3.63) is 27.3 Å². The molecule has 2 N–H and O–H groups in total. The lowest BCUT2D eigenvalue weighted by Crippen LogP contribution is -2.38. The van der Waals surface area contributed by atoms with Gasteiger partial charge in [0.1, 0.15) is 0 Å². The number of hydrogen-bond donors (Lipinski definition) is 2. The third-order valence-corrected chi connectivity index (χ3v) is 6.63. The minimum atomic E-state index is -3.66. The highest BCUT2D eigenvalue weighted by Gasteiger charge is 2.23. The summed E-state index contributed by atoms with van der Waals surface area (Å²) >= 11 is 3.60. The molecule has 1 unspecified atom stereocenters. The number of halogens is 1. The first kappa shape index (κ1) is 16.1. The maximum Gasteiger partial charge on any atom is 0.336 e. The zero-order valence-electron chi connectivity index (χ0n) is 10.5. The van der Waals surface area contributed by atoms with E-state index >= 15 is 0 Å². The molecule has 0 radical (unpaired) electrons. The van der Waals surface area contributed by atoms with Crippen LogP contribution in [0.2, 0.25) is 0 Å². The first-order valence-corrected chi connectivity index (χ1v) is 9.75. The molecular weight excluding hydrogens is 413 g/mol. The molecule has 0 saturated carbocycles. The van der Waals surface area contributed by atoms with Crippen molar-refractivity contribution in [3.63, 3.8) is 0 Å². The second kappa shape index (κ2) is 6.63. The minimum absolute atomic E-state index is 0.00545. The Morgan fingerprint density at radius 1 is 1.45 bits per heavy atom. The number of hydrogen-bond acceptors (Lipinski definition) is 4. The molecule has 2 rings (SSSR count). The van der Waals surface area contributed by atoms with Crippen molar-refractivity contribution < 1.29 is 18.3 Å². The number of benzene rings is 1. The zero-order chi connectivity index (χ0) is 14.8.